The predicted octanol–water partition coefficient (Wildman–Crippen LogP) is 1.68. The van der Waals surface area contributed by atoms with Crippen molar-refractivity contribution in [3.63, 3.8) is 0 Å². The molecule has 0 aromatic carbocycles. The first kappa shape index (κ1) is 11.7. The molecule has 0 aliphatic heterocycles. The Labute approximate surface area is 97.3 Å². The molecule has 92 valence electrons. The van der Waals surface area contributed by atoms with Gasteiger partial charge in [-0.3, -0.25) is 0 Å². The highest BCUT2D eigenvalue weighted by Gasteiger charge is 2.42. The van der Waals surface area contributed by atoms with E-state index in [4.69, 9.17) is 10.9 Å². The molecule has 0 unspecified atom stereocenters. The molecule has 16 heavy (non-hydrogen) atoms. The normalized spacial score (nSPS) is 24.9. The van der Waals surface area contributed by atoms with Crippen molar-refractivity contribution >= 4 is 5.84 Å². The number of nitrogens with two attached hydrogens (primary N) is 1. The van der Waals surface area contributed by atoms with Gasteiger partial charge in [-0.25, -0.2) is 0 Å². The van der Waals surface area contributed by atoms with E-state index in [0.717, 1.165) is 25.4 Å². The largest absolute Gasteiger partial charge is 0.409 e. The summed E-state index contributed by atoms with van der Waals surface area (Å²) in [6.07, 6.45) is 8.74. The molecule has 4 heteroatoms. The maximum absolute atomic E-state index is 8.57. The van der Waals surface area contributed by atoms with Crippen LogP contribution >= 0.6 is 0 Å². The average Bonchev–Trinajstić information content (AvgIpc) is 2.83. The van der Waals surface area contributed by atoms with E-state index in [0.29, 0.717) is 11.3 Å². The first-order valence-corrected chi connectivity index (χ1v) is 6.41. The topological polar surface area (TPSA) is 70.6 Å². The summed E-state index contributed by atoms with van der Waals surface area (Å²) in [5, 5.41) is 15.2. The number of rotatable bonds is 6. The van der Waals surface area contributed by atoms with Crippen LogP contribution in [-0.2, 0) is 0 Å². The maximum atomic E-state index is 8.57. The van der Waals surface area contributed by atoms with Crippen molar-refractivity contribution in [2.45, 2.75) is 44.9 Å². The Balaban J connectivity index is 1.65. The van der Waals surface area contributed by atoms with E-state index in [1.807, 2.05) is 0 Å². The smallest absolute Gasteiger partial charge is 0.139 e. The zero-order valence-corrected chi connectivity index (χ0v) is 9.91. The second-order valence-corrected chi connectivity index (χ2v) is 5.55. The highest BCUT2D eigenvalue weighted by molar-refractivity contribution is 5.80. The average molecular weight is 225 g/mol. The molecule has 2 aliphatic rings. The lowest BCUT2D eigenvalue weighted by atomic mass is 10.0. The summed E-state index contributed by atoms with van der Waals surface area (Å²) in [5.41, 5.74) is 5.87. The van der Waals surface area contributed by atoms with Crippen LogP contribution in [0, 0.1) is 11.3 Å². The Morgan fingerprint density at radius 3 is 2.62 bits per heavy atom. The zero-order valence-electron chi connectivity index (χ0n) is 9.91. The lowest BCUT2D eigenvalue weighted by Crippen LogP contribution is -2.31. The van der Waals surface area contributed by atoms with Gasteiger partial charge in [0, 0.05) is 13.0 Å². The third-order valence-corrected chi connectivity index (χ3v) is 4.05. The van der Waals surface area contributed by atoms with Crippen molar-refractivity contribution in [2.24, 2.45) is 22.2 Å². The number of hydrogen-bond donors (Lipinski definition) is 3. The fraction of sp³-hybridized carbons (Fsp3) is 0.917. The van der Waals surface area contributed by atoms with Crippen LogP contribution in [0.2, 0.25) is 0 Å². The van der Waals surface area contributed by atoms with Crippen molar-refractivity contribution in [2.75, 3.05) is 13.1 Å². The van der Waals surface area contributed by atoms with Crippen LogP contribution in [0.5, 0.6) is 0 Å². The van der Waals surface area contributed by atoms with E-state index in [1.54, 1.807) is 0 Å². The Morgan fingerprint density at radius 1 is 1.38 bits per heavy atom. The fourth-order valence-electron chi connectivity index (χ4n) is 2.77. The van der Waals surface area contributed by atoms with Gasteiger partial charge in [-0.1, -0.05) is 18.0 Å². The molecule has 0 bridgehead atoms. The van der Waals surface area contributed by atoms with E-state index in [-0.39, 0.29) is 0 Å². The molecule has 0 atom stereocenters. The maximum Gasteiger partial charge on any atom is 0.139 e. The Kier molecular flexibility index (Phi) is 3.69. The molecule has 4 nitrogen and oxygen atoms in total. The second kappa shape index (κ2) is 5.04. The third kappa shape index (κ3) is 3.11. The molecule has 0 amide bonds. The van der Waals surface area contributed by atoms with Gasteiger partial charge >= 0.3 is 0 Å². The number of nitrogens with one attached hydrogen (secondary N) is 1. The molecule has 0 aromatic heterocycles. The van der Waals surface area contributed by atoms with Crippen molar-refractivity contribution in [3.8, 4) is 0 Å². The molecule has 2 aliphatic carbocycles. The second-order valence-electron chi connectivity index (χ2n) is 5.55. The molecule has 0 radical (unpaired) electrons. The van der Waals surface area contributed by atoms with Crippen LogP contribution in [0.3, 0.4) is 0 Å². The monoisotopic (exact) mass is 225 g/mol. The van der Waals surface area contributed by atoms with Gasteiger partial charge in [0.1, 0.15) is 5.84 Å². The SMILES string of the molecule is NC(CC1(CNCC2CCCC2)CC1)=NO. The standard InChI is InChI=1S/C12H23N3O/c13-11(15-16)7-12(5-6-12)9-14-8-10-3-1-2-4-10/h10,14,16H,1-9H2,(H2,13,15). The van der Waals surface area contributed by atoms with E-state index in [9.17, 15) is 0 Å². The van der Waals surface area contributed by atoms with Gasteiger partial charge in [-0.15, -0.1) is 0 Å². The van der Waals surface area contributed by atoms with Crippen LogP contribution in [0.1, 0.15) is 44.9 Å². The van der Waals surface area contributed by atoms with Crippen LogP contribution in [0.25, 0.3) is 0 Å². The molecule has 2 saturated carbocycles. The Morgan fingerprint density at radius 2 is 2.06 bits per heavy atom. The number of nitrogens with zero attached hydrogens (tertiary/aromatic N) is 1. The van der Waals surface area contributed by atoms with Gasteiger partial charge in [0.2, 0.25) is 0 Å². The molecule has 4 N–H and O–H groups in total. The van der Waals surface area contributed by atoms with Crippen molar-refractivity contribution in [3.05, 3.63) is 0 Å². The summed E-state index contributed by atoms with van der Waals surface area (Å²) in [7, 11) is 0. The number of amidine groups is 1. The number of hydrogen-bond acceptors (Lipinski definition) is 3. The van der Waals surface area contributed by atoms with E-state index in [2.05, 4.69) is 10.5 Å². The van der Waals surface area contributed by atoms with E-state index >= 15 is 0 Å². The minimum Gasteiger partial charge on any atom is -0.409 e. The van der Waals surface area contributed by atoms with Crippen LogP contribution in [0.4, 0.5) is 0 Å². The fourth-order valence-corrected chi connectivity index (χ4v) is 2.77. The summed E-state index contributed by atoms with van der Waals surface area (Å²) >= 11 is 0. The van der Waals surface area contributed by atoms with Gasteiger partial charge in [-0.2, -0.15) is 0 Å². The Bertz CT molecular complexity index is 255. The van der Waals surface area contributed by atoms with Gasteiger partial charge in [-0.05, 0) is 43.6 Å². The van der Waals surface area contributed by atoms with Crippen molar-refractivity contribution in [1.82, 2.24) is 5.32 Å². The third-order valence-electron chi connectivity index (χ3n) is 4.05. The first-order valence-electron chi connectivity index (χ1n) is 6.41. The first-order chi connectivity index (χ1) is 7.74. The van der Waals surface area contributed by atoms with E-state index < -0.39 is 0 Å². The summed E-state index contributed by atoms with van der Waals surface area (Å²) in [6, 6.07) is 0. The quantitative estimate of drug-likeness (QED) is 0.279. The van der Waals surface area contributed by atoms with Crippen LogP contribution < -0.4 is 11.1 Å². The van der Waals surface area contributed by atoms with Gasteiger partial charge in [0.25, 0.3) is 0 Å². The van der Waals surface area contributed by atoms with Crippen molar-refractivity contribution in [1.29, 1.82) is 0 Å². The molecule has 0 saturated heterocycles. The molecular weight excluding hydrogens is 202 g/mol. The predicted molar refractivity (Wildman–Crippen MR) is 64.5 cm³/mol. The highest BCUT2D eigenvalue weighted by Crippen LogP contribution is 2.48. The van der Waals surface area contributed by atoms with Crippen LogP contribution in [-0.4, -0.2) is 24.1 Å². The van der Waals surface area contributed by atoms with Gasteiger partial charge in [0.05, 0.1) is 0 Å². The number of oxime groups is 1. The summed E-state index contributed by atoms with van der Waals surface area (Å²) in [4.78, 5) is 0. The zero-order chi connectivity index (χ0) is 11.4. The molecule has 0 spiro atoms. The summed E-state index contributed by atoms with van der Waals surface area (Å²) < 4.78 is 0. The lowest BCUT2D eigenvalue weighted by molar-refractivity contribution is 0.313. The highest BCUT2D eigenvalue weighted by atomic mass is 16.4. The molecule has 2 fully saturated rings. The molecule has 2 rings (SSSR count). The lowest BCUT2D eigenvalue weighted by Gasteiger charge is -2.17. The van der Waals surface area contributed by atoms with Crippen LogP contribution in [0.15, 0.2) is 5.16 Å². The molecule has 0 heterocycles. The minimum absolute atomic E-state index is 0.301. The van der Waals surface area contributed by atoms with E-state index in [1.165, 1.54) is 38.5 Å². The molecular formula is C12H23N3O. The summed E-state index contributed by atoms with van der Waals surface area (Å²) in [6.45, 7) is 2.18. The van der Waals surface area contributed by atoms with Gasteiger partial charge in [0.15, 0.2) is 0 Å². The Hall–Kier alpha value is -0.770. The van der Waals surface area contributed by atoms with Gasteiger partial charge < -0.3 is 16.3 Å². The van der Waals surface area contributed by atoms with Crippen molar-refractivity contribution < 1.29 is 5.21 Å². The minimum atomic E-state index is 0.301. The molecule has 0 aromatic rings. The summed E-state index contributed by atoms with van der Waals surface area (Å²) in [5.74, 6) is 1.26.